The highest BCUT2D eigenvalue weighted by Crippen LogP contribution is 2.22. The number of hydrogen-bond acceptors (Lipinski definition) is 3. The summed E-state index contributed by atoms with van der Waals surface area (Å²) in [6.45, 7) is 8.33. The molecule has 0 aliphatic heterocycles. The van der Waals surface area contributed by atoms with Gasteiger partial charge in [-0.3, -0.25) is 0 Å². The van der Waals surface area contributed by atoms with Crippen molar-refractivity contribution in [1.82, 2.24) is 5.32 Å². The maximum atomic E-state index is 5.25. The number of nitrogens with zero attached hydrogens (tertiary/aromatic N) is 1. The molecule has 0 aliphatic rings. The van der Waals surface area contributed by atoms with Crippen molar-refractivity contribution in [3.8, 4) is 0 Å². The molecular formula is C16H28N2O. The first-order valence-corrected chi connectivity index (χ1v) is 7.20. The van der Waals surface area contributed by atoms with E-state index in [0.29, 0.717) is 12.1 Å². The number of rotatable bonds is 8. The van der Waals surface area contributed by atoms with Crippen LogP contribution < -0.4 is 10.2 Å². The average molecular weight is 264 g/mol. The van der Waals surface area contributed by atoms with Crippen LogP contribution in [-0.4, -0.2) is 33.4 Å². The van der Waals surface area contributed by atoms with Crippen molar-refractivity contribution < 1.29 is 4.74 Å². The van der Waals surface area contributed by atoms with E-state index in [1.807, 2.05) is 7.05 Å². The molecule has 3 nitrogen and oxygen atoms in total. The largest absolute Gasteiger partial charge is 0.383 e. The molecule has 0 amide bonds. The number of nitrogens with one attached hydrogen (secondary N) is 1. The minimum absolute atomic E-state index is 0.395. The number of benzene rings is 1. The number of methoxy groups -OCH3 is 1. The van der Waals surface area contributed by atoms with Crippen molar-refractivity contribution >= 4 is 5.69 Å². The fourth-order valence-electron chi connectivity index (χ4n) is 2.58. The summed E-state index contributed by atoms with van der Waals surface area (Å²) in [6, 6.07) is 9.72. The molecule has 108 valence electrons. The first-order valence-electron chi connectivity index (χ1n) is 7.20. The summed E-state index contributed by atoms with van der Waals surface area (Å²) in [7, 11) is 3.77. The zero-order valence-corrected chi connectivity index (χ0v) is 12.9. The fraction of sp³-hybridized carbons (Fsp3) is 0.625. The van der Waals surface area contributed by atoms with E-state index in [0.717, 1.165) is 19.6 Å². The molecule has 3 heteroatoms. The summed E-state index contributed by atoms with van der Waals surface area (Å²) in [5.74, 6) is 0. The quantitative estimate of drug-likeness (QED) is 0.780. The Labute approximate surface area is 118 Å². The Kier molecular flexibility index (Phi) is 6.89. The van der Waals surface area contributed by atoms with Crippen LogP contribution in [0, 0.1) is 0 Å². The molecule has 0 radical (unpaired) electrons. The topological polar surface area (TPSA) is 24.5 Å². The lowest BCUT2D eigenvalue weighted by atomic mass is 10.0. The van der Waals surface area contributed by atoms with Crippen LogP contribution in [0.25, 0.3) is 0 Å². The van der Waals surface area contributed by atoms with Gasteiger partial charge in [-0.2, -0.15) is 0 Å². The van der Waals surface area contributed by atoms with Gasteiger partial charge in [0, 0.05) is 31.4 Å². The molecule has 0 heterocycles. The van der Waals surface area contributed by atoms with Gasteiger partial charge in [-0.25, -0.2) is 0 Å². The molecule has 0 spiro atoms. The van der Waals surface area contributed by atoms with E-state index in [1.165, 1.54) is 11.3 Å². The maximum absolute atomic E-state index is 5.25. The molecule has 0 saturated carbocycles. The molecule has 19 heavy (non-hydrogen) atoms. The third kappa shape index (κ3) is 4.22. The number of ether oxygens (including phenoxy) is 1. The van der Waals surface area contributed by atoms with Crippen molar-refractivity contribution in [2.75, 3.05) is 32.2 Å². The van der Waals surface area contributed by atoms with Gasteiger partial charge in [-0.1, -0.05) is 19.1 Å². The fourth-order valence-corrected chi connectivity index (χ4v) is 2.58. The van der Waals surface area contributed by atoms with Crippen molar-refractivity contribution in [2.24, 2.45) is 0 Å². The van der Waals surface area contributed by atoms with Crippen molar-refractivity contribution in [3.05, 3.63) is 29.8 Å². The Balaban J connectivity index is 2.83. The van der Waals surface area contributed by atoms with Crippen LogP contribution in [0.3, 0.4) is 0 Å². The number of anilines is 1. The second-order valence-corrected chi connectivity index (χ2v) is 4.93. The molecule has 1 rings (SSSR count). The maximum Gasteiger partial charge on any atom is 0.0663 e. The molecule has 0 bridgehead atoms. The van der Waals surface area contributed by atoms with Crippen LogP contribution in [0.15, 0.2) is 24.3 Å². The van der Waals surface area contributed by atoms with Gasteiger partial charge in [0.05, 0.1) is 6.61 Å². The van der Waals surface area contributed by atoms with Gasteiger partial charge < -0.3 is 15.0 Å². The summed E-state index contributed by atoms with van der Waals surface area (Å²) in [5, 5.41) is 3.34. The second-order valence-electron chi connectivity index (χ2n) is 4.93. The van der Waals surface area contributed by atoms with Crippen LogP contribution in [0.5, 0.6) is 0 Å². The third-order valence-electron chi connectivity index (χ3n) is 3.66. The van der Waals surface area contributed by atoms with Crippen LogP contribution in [0.4, 0.5) is 5.69 Å². The van der Waals surface area contributed by atoms with E-state index in [4.69, 9.17) is 4.74 Å². The predicted molar refractivity (Wildman–Crippen MR) is 82.9 cm³/mol. The first-order chi connectivity index (χ1) is 9.17. The molecule has 1 aromatic rings. The Morgan fingerprint density at radius 2 is 1.84 bits per heavy atom. The summed E-state index contributed by atoms with van der Waals surface area (Å²) < 4.78 is 5.25. The second kappa shape index (κ2) is 8.18. The van der Waals surface area contributed by atoms with E-state index >= 15 is 0 Å². The lowest BCUT2D eigenvalue weighted by Gasteiger charge is -2.30. The smallest absolute Gasteiger partial charge is 0.0663 e. The molecule has 1 N–H and O–H groups in total. The lowest BCUT2D eigenvalue weighted by Crippen LogP contribution is -2.36. The molecule has 0 aromatic heterocycles. The summed E-state index contributed by atoms with van der Waals surface area (Å²) in [5.41, 5.74) is 2.62. The van der Waals surface area contributed by atoms with Crippen molar-refractivity contribution in [1.29, 1.82) is 0 Å². The van der Waals surface area contributed by atoms with Crippen LogP contribution in [0.2, 0.25) is 0 Å². The van der Waals surface area contributed by atoms with Gasteiger partial charge in [0.1, 0.15) is 0 Å². The van der Waals surface area contributed by atoms with E-state index in [1.54, 1.807) is 7.11 Å². The summed E-state index contributed by atoms with van der Waals surface area (Å²) in [6.07, 6.45) is 1.10. The standard InChI is InChI=1S/C16H28N2O/c1-6-16(17-4)14-8-10-15(11-9-14)18(7-2)13(3)12-19-5/h8-11,13,16-17H,6-7,12H2,1-5H3. The van der Waals surface area contributed by atoms with E-state index in [2.05, 4.69) is 55.3 Å². The highest BCUT2D eigenvalue weighted by Gasteiger charge is 2.13. The van der Waals surface area contributed by atoms with E-state index < -0.39 is 0 Å². The van der Waals surface area contributed by atoms with E-state index in [9.17, 15) is 0 Å². The monoisotopic (exact) mass is 264 g/mol. The molecule has 1 aromatic carbocycles. The highest BCUT2D eigenvalue weighted by molar-refractivity contribution is 5.48. The average Bonchev–Trinajstić information content (AvgIpc) is 2.43. The normalized spacial score (nSPS) is 14.2. The van der Waals surface area contributed by atoms with E-state index in [-0.39, 0.29) is 0 Å². The van der Waals surface area contributed by atoms with Crippen LogP contribution in [-0.2, 0) is 4.74 Å². The number of hydrogen-bond donors (Lipinski definition) is 1. The van der Waals surface area contributed by atoms with Gasteiger partial charge in [0.2, 0.25) is 0 Å². The number of likely N-dealkylation sites (N-methyl/N-ethyl adjacent to an activating group) is 1. The van der Waals surface area contributed by atoms with Crippen molar-refractivity contribution in [3.63, 3.8) is 0 Å². The highest BCUT2D eigenvalue weighted by atomic mass is 16.5. The molecular weight excluding hydrogens is 236 g/mol. The molecule has 0 aliphatic carbocycles. The van der Waals surface area contributed by atoms with Crippen LogP contribution in [0.1, 0.15) is 38.8 Å². The van der Waals surface area contributed by atoms with Gasteiger partial charge in [-0.05, 0) is 45.0 Å². The van der Waals surface area contributed by atoms with Gasteiger partial charge >= 0.3 is 0 Å². The van der Waals surface area contributed by atoms with Crippen molar-refractivity contribution in [2.45, 2.75) is 39.3 Å². The Bertz CT molecular complexity index is 346. The Morgan fingerprint density at radius 1 is 1.21 bits per heavy atom. The molecule has 2 atom stereocenters. The molecule has 2 unspecified atom stereocenters. The SMILES string of the molecule is CCC(NC)c1ccc(N(CC)C(C)COC)cc1. The first kappa shape index (κ1) is 16.0. The Morgan fingerprint density at radius 3 is 2.26 bits per heavy atom. The van der Waals surface area contributed by atoms with Crippen LogP contribution >= 0.6 is 0 Å². The predicted octanol–water partition coefficient (Wildman–Crippen LogP) is 3.22. The van der Waals surface area contributed by atoms with Gasteiger partial charge in [0.25, 0.3) is 0 Å². The third-order valence-corrected chi connectivity index (χ3v) is 3.66. The minimum Gasteiger partial charge on any atom is -0.383 e. The summed E-state index contributed by atoms with van der Waals surface area (Å²) >= 11 is 0. The van der Waals surface area contributed by atoms with Gasteiger partial charge in [0.15, 0.2) is 0 Å². The molecule has 0 saturated heterocycles. The zero-order chi connectivity index (χ0) is 14.3. The van der Waals surface area contributed by atoms with Gasteiger partial charge in [-0.15, -0.1) is 0 Å². The minimum atomic E-state index is 0.395. The lowest BCUT2D eigenvalue weighted by molar-refractivity contribution is 0.182. The Hall–Kier alpha value is -1.06. The molecule has 0 fully saturated rings. The zero-order valence-electron chi connectivity index (χ0n) is 12.9. The summed E-state index contributed by atoms with van der Waals surface area (Å²) in [4.78, 5) is 2.37.